The molecule has 0 aliphatic carbocycles. The summed E-state index contributed by atoms with van der Waals surface area (Å²) in [4.78, 5) is 11.3. The predicted octanol–water partition coefficient (Wildman–Crippen LogP) is 3.73. The lowest BCUT2D eigenvalue weighted by molar-refractivity contribution is 0.201. The second-order valence-corrected chi connectivity index (χ2v) is 6.25. The maximum Gasteiger partial charge on any atom is 0.131 e. The average molecular weight is 290 g/mol. The van der Waals surface area contributed by atoms with E-state index in [0.29, 0.717) is 11.1 Å². The molecule has 1 atom stereocenters. The third-order valence-corrected chi connectivity index (χ3v) is 4.71. The maximum atomic E-state index is 5.96. The van der Waals surface area contributed by atoms with E-state index in [1.165, 1.54) is 31.6 Å². The van der Waals surface area contributed by atoms with Crippen LogP contribution in [0.3, 0.4) is 0 Å². The lowest BCUT2D eigenvalue weighted by Crippen LogP contribution is -2.32. The summed E-state index contributed by atoms with van der Waals surface area (Å²) in [5, 5.41) is 1.56. The zero-order valence-corrected chi connectivity index (χ0v) is 12.8. The van der Waals surface area contributed by atoms with Crippen LogP contribution in [-0.4, -0.2) is 35.0 Å². The highest BCUT2D eigenvalue weighted by atomic mass is 35.5. The van der Waals surface area contributed by atoms with Crippen molar-refractivity contribution in [2.45, 2.75) is 25.7 Å². The predicted molar refractivity (Wildman–Crippen MR) is 83.2 cm³/mol. The normalized spacial score (nSPS) is 19.4. The number of pyridine rings is 2. The lowest BCUT2D eigenvalue weighted by atomic mass is 9.83. The minimum Gasteiger partial charge on any atom is -0.306 e. The van der Waals surface area contributed by atoms with Crippen LogP contribution in [0, 0.1) is 5.92 Å². The topological polar surface area (TPSA) is 29.0 Å². The zero-order valence-electron chi connectivity index (χ0n) is 12.0. The van der Waals surface area contributed by atoms with Crippen molar-refractivity contribution < 1.29 is 0 Å². The Hall–Kier alpha value is -1.19. The smallest absolute Gasteiger partial charge is 0.131 e. The summed E-state index contributed by atoms with van der Waals surface area (Å²) >= 11 is 5.96. The van der Waals surface area contributed by atoms with Crippen molar-refractivity contribution in [3.05, 3.63) is 35.2 Å². The Morgan fingerprint density at radius 2 is 2.05 bits per heavy atom. The minimum atomic E-state index is 0.500. The first-order valence-electron chi connectivity index (χ1n) is 7.24. The molecule has 0 N–H and O–H groups in total. The molecule has 0 spiro atoms. The minimum absolute atomic E-state index is 0.500. The maximum absolute atomic E-state index is 5.96. The highest BCUT2D eigenvalue weighted by Gasteiger charge is 2.24. The summed E-state index contributed by atoms with van der Waals surface area (Å²) in [7, 11) is 2.20. The van der Waals surface area contributed by atoms with Gasteiger partial charge < -0.3 is 4.90 Å². The van der Waals surface area contributed by atoms with Crippen molar-refractivity contribution >= 4 is 22.5 Å². The Kier molecular flexibility index (Phi) is 3.90. The Morgan fingerprint density at radius 1 is 1.30 bits per heavy atom. The first-order chi connectivity index (χ1) is 9.63. The van der Waals surface area contributed by atoms with E-state index < -0.39 is 0 Å². The van der Waals surface area contributed by atoms with Crippen LogP contribution in [-0.2, 0) is 0 Å². The van der Waals surface area contributed by atoms with Crippen molar-refractivity contribution in [2.24, 2.45) is 5.92 Å². The second kappa shape index (κ2) is 5.66. The van der Waals surface area contributed by atoms with Crippen LogP contribution in [0.25, 0.3) is 10.9 Å². The van der Waals surface area contributed by atoms with Gasteiger partial charge in [-0.3, -0.25) is 4.98 Å². The molecule has 0 aromatic carbocycles. The summed E-state index contributed by atoms with van der Waals surface area (Å²) in [6.07, 6.45) is 4.30. The Labute approximate surface area is 125 Å². The molecule has 1 fully saturated rings. The van der Waals surface area contributed by atoms with Crippen LogP contribution in [0.1, 0.15) is 31.4 Å². The highest BCUT2D eigenvalue weighted by Crippen LogP contribution is 2.32. The fourth-order valence-electron chi connectivity index (χ4n) is 3.03. The van der Waals surface area contributed by atoms with E-state index in [1.54, 1.807) is 6.20 Å². The molecule has 1 saturated heterocycles. The summed E-state index contributed by atoms with van der Waals surface area (Å²) in [5.74, 6) is 1.23. The van der Waals surface area contributed by atoms with Gasteiger partial charge in [0.25, 0.3) is 0 Å². The van der Waals surface area contributed by atoms with Crippen LogP contribution >= 0.6 is 11.6 Å². The molecule has 4 heteroatoms. The van der Waals surface area contributed by atoms with Gasteiger partial charge in [0.1, 0.15) is 5.15 Å². The lowest BCUT2D eigenvalue weighted by Gasteiger charge is -2.32. The van der Waals surface area contributed by atoms with E-state index in [0.717, 1.165) is 16.8 Å². The molecule has 0 saturated carbocycles. The second-order valence-electron chi connectivity index (χ2n) is 5.87. The molecule has 2 aromatic heterocycles. The van der Waals surface area contributed by atoms with E-state index >= 15 is 0 Å². The van der Waals surface area contributed by atoms with Crippen LogP contribution in [0.5, 0.6) is 0 Å². The van der Waals surface area contributed by atoms with Crippen LogP contribution < -0.4 is 0 Å². The number of hydrogen-bond acceptors (Lipinski definition) is 3. The number of aromatic nitrogens is 2. The van der Waals surface area contributed by atoms with E-state index in [9.17, 15) is 0 Å². The number of likely N-dealkylation sites (tertiary alicyclic amines) is 1. The standard InChI is InChI=1S/C16H20ClN3/c1-11(12-5-7-20(2)8-6-12)14-4-3-13-10-18-16(17)9-15(13)19-14/h3-4,9-12H,5-8H2,1-2H3. The molecule has 106 valence electrons. The number of piperidine rings is 1. The Balaban J connectivity index is 1.85. The van der Waals surface area contributed by atoms with Gasteiger partial charge in [0.2, 0.25) is 0 Å². The molecule has 0 amide bonds. The largest absolute Gasteiger partial charge is 0.306 e. The van der Waals surface area contributed by atoms with E-state index in [2.05, 4.69) is 36.0 Å². The van der Waals surface area contributed by atoms with Gasteiger partial charge in [-0.1, -0.05) is 18.5 Å². The monoisotopic (exact) mass is 289 g/mol. The number of fused-ring (bicyclic) bond motifs is 1. The number of nitrogens with zero attached hydrogens (tertiary/aromatic N) is 3. The quantitative estimate of drug-likeness (QED) is 0.789. The van der Waals surface area contributed by atoms with Crippen molar-refractivity contribution in [2.75, 3.05) is 20.1 Å². The molecule has 3 heterocycles. The molecule has 0 radical (unpaired) electrons. The summed E-state index contributed by atoms with van der Waals surface area (Å²) in [5.41, 5.74) is 2.12. The first kappa shape index (κ1) is 13.8. The van der Waals surface area contributed by atoms with Crippen molar-refractivity contribution in [1.82, 2.24) is 14.9 Å². The molecule has 3 rings (SSSR count). The zero-order chi connectivity index (χ0) is 14.1. The van der Waals surface area contributed by atoms with Gasteiger partial charge in [0.15, 0.2) is 0 Å². The summed E-state index contributed by atoms with van der Waals surface area (Å²) in [6.45, 7) is 4.68. The Morgan fingerprint density at radius 3 is 2.80 bits per heavy atom. The molecule has 3 nitrogen and oxygen atoms in total. The molecule has 0 bridgehead atoms. The van der Waals surface area contributed by atoms with Crippen LogP contribution in [0.2, 0.25) is 5.15 Å². The summed E-state index contributed by atoms with van der Waals surface area (Å²) in [6, 6.07) is 6.09. The Bertz CT molecular complexity index is 606. The van der Waals surface area contributed by atoms with Gasteiger partial charge in [-0.05, 0) is 51.0 Å². The van der Waals surface area contributed by atoms with E-state index in [-0.39, 0.29) is 0 Å². The van der Waals surface area contributed by atoms with Crippen molar-refractivity contribution in [3.8, 4) is 0 Å². The van der Waals surface area contributed by atoms with Gasteiger partial charge in [-0.15, -0.1) is 0 Å². The fourth-order valence-corrected chi connectivity index (χ4v) is 3.18. The van der Waals surface area contributed by atoms with Gasteiger partial charge in [0, 0.05) is 29.3 Å². The molecule has 1 aliphatic rings. The molecular formula is C16H20ClN3. The van der Waals surface area contributed by atoms with E-state index in [1.807, 2.05) is 6.07 Å². The van der Waals surface area contributed by atoms with E-state index in [4.69, 9.17) is 16.6 Å². The van der Waals surface area contributed by atoms with Crippen LogP contribution in [0.15, 0.2) is 24.4 Å². The summed E-state index contributed by atoms with van der Waals surface area (Å²) < 4.78 is 0. The van der Waals surface area contributed by atoms with Gasteiger partial charge in [-0.2, -0.15) is 0 Å². The number of hydrogen-bond donors (Lipinski definition) is 0. The molecule has 1 unspecified atom stereocenters. The van der Waals surface area contributed by atoms with Crippen molar-refractivity contribution in [1.29, 1.82) is 0 Å². The number of rotatable bonds is 2. The highest BCUT2D eigenvalue weighted by molar-refractivity contribution is 6.29. The third-order valence-electron chi connectivity index (χ3n) is 4.50. The van der Waals surface area contributed by atoms with Gasteiger partial charge in [0.05, 0.1) is 5.52 Å². The van der Waals surface area contributed by atoms with Gasteiger partial charge in [-0.25, -0.2) is 4.98 Å². The van der Waals surface area contributed by atoms with Crippen molar-refractivity contribution in [3.63, 3.8) is 0 Å². The third kappa shape index (κ3) is 2.79. The van der Waals surface area contributed by atoms with Gasteiger partial charge >= 0.3 is 0 Å². The molecule has 2 aromatic rings. The average Bonchev–Trinajstić information content (AvgIpc) is 2.46. The fraction of sp³-hybridized carbons (Fsp3) is 0.500. The number of halogens is 1. The molecular weight excluding hydrogens is 270 g/mol. The van der Waals surface area contributed by atoms with Crippen LogP contribution in [0.4, 0.5) is 0 Å². The molecule has 20 heavy (non-hydrogen) atoms. The molecule has 1 aliphatic heterocycles. The first-order valence-corrected chi connectivity index (χ1v) is 7.62. The SMILES string of the molecule is CC(c1ccc2cnc(Cl)cc2n1)C1CCN(C)CC1.